The van der Waals surface area contributed by atoms with Gasteiger partial charge in [-0.2, -0.15) is 0 Å². The summed E-state index contributed by atoms with van der Waals surface area (Å²) in [7, 11) is 0. The number of nitrogens with one attached hydrogen (secondary N) is 2. The Labute approximate surface area is 116 Å². The molecule has 1 aromatic carbocycles. The van der Waals surface area contributed by atoms with Crippen molar-refractivity contribution in [2.24, 2.45) is 0 Å². The lowest BCUT2D eigenvalue weighted by Gasteiger charge is -2.17. The number of amides is 1. The Morgan fingerprint density at radius 1 is 1.37 bits per heavy atom. The van der Waals surface area contributed by atoms with Gasteiger partial charge in [0.15, 0.2) is 0 Å². The summed E-state index contributed by atoms with van der Waals surface area (Å²) in [5, 5.41) is 16.7. The SMILES string of the molecule is CC(C)NC(=O)C(C)Nc1ccc(Cl)cc1[N+](=O)[O-]. The molecular weight excluding hydrogens is 270 g/mol. The molecule has 0 saturated carbocycles. The minimum absolute atomic E-state index is 0.0111. The van der Waals surface area contributed by atoms with Crippen molar-refractivity contribution in [3.63, 3.8) is 0 Å². The fourth-order valence-electron chi connectivity index (χ4n) is 1.49. The highest BCUT2D eigenvalue weighted by atomic mass is 35.5. The van der Waals surface area contributed by atoms with Crippen molar-refractivity contribution in [3.05, 3.63) is 33.3 Å². The monoisotopic (exact) mass is 285 g/mol. The van der Waals surface area contributed by atoms with E-state index < -0.39 is 11.0 Å². The molecule has 0 fully saturated rings. The van der Waals surface area contributed by atoms with Crippen molar-refractivity contribution in [3.8, 4) is 0 Å². The Hall–Kier alpha value is -1.82. The maximum Gasteiger partial charge on any atom is 0.293 e. The number of anilines is 1. The second kappa shape index (κ2) is 6.38. The van der Waals surface area contributed by atoms with Crippen molar-refractivity contribution < 1.29 is 9.72 Å². The molecule has 0 aliphatic carbocycles. The largest absolute Gasteiger partial charge is 0.368 e. The lowest BCUT2D eigenvalue weighted by Crippen LogP contribution is -2.41. The molecule has 1 atom stereocenters. The first-order valence-corrected chi connectivity index (χ1v) is 6.20. The molecule has 0 radical (unpaired) electrons. The molecule has 1 rings (SSSR count). The number of hydrogen-bond donors (Lipinski definition) is 2. The van der Waals surface area contributed by atoms with Gasteiger partial charge in [0.05, 0.1) is 4.92 Å². The molecule has 19 heavy (non-hydrogen) atoms. The Kier molecular flexibility index (Phi) is 5.11. The summed E-state index contributed by atoms with van der Waals surface area (Å²) in [5.74, 6) is -0.223. The second-order valence-corrected chi connectivity index (χ2v) is 4.88. The smallest absolute Gasteiger partial charge is 0.293 e. The van der Waals surface area contributed by atoms with Gasteiger partial charge < -0.3 is 10.6 Å². The van der Waals surface area contributed by atoms with Crippen molar-refractivity contribution in [1.29, 1.82) is 0 Å². The number of nitro benzene ring substituents is 1. The van der Waals surface area contributed by atoms with Crippen LogP contribution < -0.4 is 10.6 Å². The van der Waals surface area contributed by atoms with Gasteiger partial charge in [-0.15, -0.1) is 0 Å². The van der Waals surface area contributed by atoms with Gasteiger partial charge in [-0.3, -0.25) is 14.9 Å². The van der Waals surface area contributed by atoms with E-state index in [1.54, 1.807) is 6.92 Å². The van der Waals surface area contributed by atoms with Crippen LogP contribution in [0, 0.1) is 10.1 Å². The van der Waals surface area contributed by atoms with E-state index in [1.165, 1.54) is 18.2 Å². The van der Waals surface area contributed by atoms with E-state index in [0.717, 1.165) is 0 Å². The molecule has 0 aliphatic heterocycles. The van der Waals surface area contributed by atoms with Crippen LogP contribution in [0.4, 0.5) is 11.4 Å². The fourth-order valence-corrected chi connectivity index (χ4v) is 1.65. The van der Waals surface area contributed by atoms with Crippen molar-refractivity contribution in [2.45, 2.75) is 32.9 Å². The standard InChI is InChI=1S/C12H16ClN3O3/c1-7(2)14-12(17)8(3)15-10-5-4-9(13)6-11(10)16(18)19/h4-8,15H,1-3H3,(H,14,17). The van der Waals surface area contributed by atoms with Gasteiger partial charge in [0.1, 0.15) is 11.7 Å². The summed E-state index contributed by atoms with van der Waals surface area (Å²) < 4.78 is 0. The molecule has 0 bridgehead atoms. The van der Waals surface area contributed by atoms with E-state index in [0.29, 0.717) is 0 Å². The van der Waals surface area contributed by atoms with Crippen molar-refractivity contribution in [1.82, 2.24) is 5.32 Å². The zero-order valence-corrected chi connectivity index (χ0v) is 11.7. The molecule has 0 saturated heterocycles. The first-order chi connectivity index (χ1) is 8.81. The Balaban J connectivity index is 2.87. The minimum atomic E-state index is -0.581. The van der Waals surface area contributed by atoms with Crippen LogP contribution in [-0.4, -0.2) is 22.9 Å². The Morgan fingerprint density at radius 3 is 2.53 bits per heavy atom. The number of benzene rings is 1. The molecule has 104 valence electrons. The third-order valence-corrected chi connectivity index (χ3v) is 2.59. The average Bonchev–Trinajstić information content (AvgIpc) is 2.30. The zero-order valence-electron chi connectivity index (χ0n) is 10.9. The van der Waals surface area contributed by atoms with Gasteiger partial charge in [-0.25, -0.2) is 0 Å². The Bertz CT molecular complexity index is 491. The first kappa shape index (κ1) is 15.2. The first-order valence-electron chi connectivity index (χ1n) is 5.82. The molecule has 6 nitrogen and oxygen atoms in total. The van der Waals surface area contributed by atoms with E-state index >= 15 is 0 Å². The van der Waals surface area contributed by atoms with Crippen LogP contribution in [0.25, 0.3) is 0 Å². The van der Waals surface area contributed by atoms with E-state index in [2.05, 4.69) is 10.6 Å². The quantitative estimate of drug-likeness (QED) is 0.643. The lowest BCUT2D eigenvalue weighted by atomic mass is 10.2. The van der Waals surface area contributed by atoms with Gasteiger partial charge in [0.2, 0.25) is 5.91 Å². The highest BCUT2D eigenvalue weighted by molar-refractivity contribution is 6.30. The molecule has 0 aromatic heterocycles. The molecular formula is C12H16ClN3O3. The summed E-state index contributed by atoms with van der Waals surface area (Å²) in [5.41, 5.74) is 0.109. The van der Waals surface area contributed by atoms with Crippen LogP contribution in [-0.2, 0) is 4.79 Å². The van der Waals surface area contributed by atoms with Crippen LogP contribution in [0.2, 0.25) is 5.02 Å². The normalized spacial score (nSPS) is 12.1. The topological polar surface area (TPSA) is 84.3 Å². The fraction of sp³-hybridized carbons (Fsp3) is 0.417. The van der Waals surface area contributed by atoms with Crippen LogP contribution in [0.15, 0.2) is 18.2 Å². The highest BCUT2D eigenvalue weighted by Crippen LogP contribution is 2.28. The van der Waals surface area contributed by atoms with Crippen molar-refractivity contribution >= 4 is 28.9 Å². The number of nitrogens with zero attached hydrogens (tertiary/aromatic N) is 1. The van der Waals surface area contributed by atoms with Gasteiger partial charge >= 0.3 is 0 Å². The number of carbonyl (C=O) groups is 1. The summed E-state index contributed by atoms with van der Waals surface area (Å²) in [6, 6.07) is 3.69. The highest BCUT2D eigenvalue weighted by Gasteiger charge is 2.19. The number of halogens is 1. The molecule has 7 heteroatoms. The minimum Gasteiger partial charge on any atom is -0.368 e. The van der Waals surface area contributed by atoms with Gasteiger partial charge in [-0.1, -0.05) is 11.6 Å². The van der Waals surface area contributed by atoms with Crippen molar-refractivity contribution in [2.75, 3.05) is 5.32 Å². The summed E-state index contributed by atoms with van der Waals surface area (Å²) in [4.78, 5) is 22.1. The van der Waals surface area contributed by atoms with E-state index in [-0.39, 0.29) is 28.3 Å². The molecule has 2 N–H and O–H groups in total. The van der Waals surface area contributed by atoms with Crippen LogP contribution in [0.5, 0.6) is 0 Å². The third kappa shape index (κ3) is 4.40. The number of hydrogen-bond acceptors (Lipinski definition) is 4. The zero-order chi connectivity index (χ0) is 14.6. The van der Waals surface area contributed by atoms with Crippen LogP contribution >= 0.6 is 11.6 Å². The van der Waals surface area contributed by atoms with E-state index in [9.17, 15) is 14.9 Å². The predicted molar refractivity (Wildman–Crippen MR) is 74.5 cm³/mol. The molecule has 0 heterocycles. The second-order valence-electron chi connectivity index (χ2n) is 4.45. The maximum atomic E-state index is 11.7. The third-order valence-electron chi connectivity index (χ3n) is 2.35. The summed E-state index contributed by atoms with van der Waals surface area (Å²) in [6.07, 6.45) is 0. The number of rotatable bonds is 5. The van der Waals surface area contributed by atoms with Gasteiger partial charge in [-0.05, 0) is 32.9 Å². The van der Waals surface area contributed by atoms with E-state index in [4.69, 9.17) is 11.6 Å². The molecule has 1 amide bonds. The summed E-state index contributed by atoms with van der Waals surface area (Å²) >= 11 is 5.72. The Morgan fingerprint density at radius 2 is 2.00 bits per heavy atom. The maximum absolute atomic E-state index is 11.7. The molecule has 1 aromatic rings. The lowest BCUT2D eigenvalue weighted by molar-refractivity contribution is -0.384. The average molecular weight is 286 g/mol. The number of carbonyl (C=O) groups excluding carboxylic acids is 1. The van der Waals surface area contributed by atoms with E-state index in [1.807, 2.05) is 13.8 Å². The molecule has 0 spiro atoms. The molecule has 1 unspecified atom stereocenters. The van der Waals surface area contributed by atoms with Gasteiger partial charge in [0.25, 0.3) is 5.69 Å². The van der Waals surface area contributed by atoms with Gasteiger partial charge in [0, 0.05) is 17.1 Å². The van der Waals surface area contributed by atoms with Crippen LogP contribution in [0.3, 0.4) is 0 Å². The number of nitro groups is 1. The molecule has 0 aliphatic rings. The summed E-state index contributed by atoms with van der Waals surface area (Å²) in [6.45, 7) is 5.32. The van der Waals surface area contributed by atoms with Crippen LogP contribution in [0.1, 0.15) is 20.8 Å². The predicted octanol–water partition coefficient (Wildman–Crippen LogP) is 2.57.